The number of hydrogen-bond donors (Lipinski definition) is 1. The average molecular weight is 240 g/mol. The fourth-order valence-electron chi connectivity index (χ4n) is 2.94. The zero-order chi connectivity index (χ0) is 12.4. The second kappa shape index (κ2) is 4.99. The summed E-state index contributed by atoms with van der Waals surface area (Å²) < 4.78 is 2.52. The molecule has 1 N–H and O–H groups in total. The highest BCUT2D eigenvalue weighted by molar-refractivity contribution is 5.61. The van der Waals surface area contributed by atoms with Gasteiger partial charge in [-0.25, -0.2) is 0 Å². The van der Waals surface area contributed by atoms with Crippen LogP contribution in [0, 0.1) is 6.92 Å². The molecule has 0 atom stereocenters. The number of aromatic nitrogens is 1. The molecule has 0 bridgehead atoms. The Morgan fingerprint density at radius 1 is 1.00 bits per heavy atom. The van der Waals surface area contributed by atoms with Gasteiger partial charge in [-0.05, 0) is 50.6 Å². The van der Waals surface area contributed by atoms with E-state index in [1.807, 2.05) is 0 Å². The smallest absolute Gasteiger partial charge is 0.0485 e. The highest BCUT2D eigenvalue weighted by Crippen LogP contribution is 2.30. The van der Waals surface area contributed by atoms with Crippen molar-refractivity contribution in [2.75, 3.05) is 13.1 Å². The quantitative estimate of drug-likeness (QED) is 0.851. The molecule has 0 amide bonds. The number of aryl methyl sites for hydroxylation is 1. The monoisotopic (exact) mass is 240 g/mol. The fraction of sp³-hybridized carbons (Fsp3) is 0.375. The molecule has 3 rings (SSSR count). The molecule has 0 radical (unpaired) electrons. The van der Waals surface area contributed by atoms with Crippen LogP contribution >= 0.6 is 0 Å². The molecule has 1 aromatic heterocycles. The summed E-state index contributed by atoms with van der Waals surface area (Å²) in [5.41, 5.74) is 4.06. The molecule has 2 aromatic rings. The van der Waals surface area contributed by atoms with Crippen LogP contribution in [-0.2, 0) is 0 Å². The summed E-state index contributed by atoms with van der Waals surface area (Å²) in [6.45, 7) is 4.49. The van der Waals surface area contributed by atoms with Crippen LogP contribution in [0.2, 0.25) is 0 Å². The maximum atomic E-state index is 3.44. The van der Waals surface area contributed by atoms with Gasteiger partial charge < -0.3 is 9.88 Å². The SMILES string of the molecule is Cc1ccc(-c2ccccc2)n1C1CCNCC1. The minimum Gasteiger partial charge on any atom is -0.342 e. The molecule has 2 heteroatoms. The molecular formula is C16H20N2. The molecule has 94 valence electrons. The maximum Gasteiger partial charge on any atom is 0.0485 e. The molecule has 1 aromatic carbocycles. The molecule has 1 fully saturated rings. The van der Waals surface area contributed by atoms with Crippen molar-refractivity contribution in [3.05, 3.63) is 48.2 Å². The zero-order valence-electron chi connectivity index (χ0n) is 10.9. The van der Waals surface area contributed by atoms with E-state index >= 15 is 0 Å². The summed E-state index contributed by atoms with van der Waals surface area (Å²) in [6, 6.07) is 15.9. The largest absolute Gasteiger partial charge is 0.342 e. The first-order chi connectivity index (χ1) is 8.86. The van der Waals surface area contributed by atoms with Gasteiger partial charge in [0.2, 0.25) is 0 Å². The van der Waals surface area contributed by atoms with Crippen molar-refractivity contribution in [2.24, 2.45) is 0 Å². The lowest BCUT2D eigenvalue weighted by Crippen LogP contribution is -2.30. The van der Waals surface area contributed by atoms with Crippen molar-refractivity contribution in [3.63, 3.8) is 0 Å². The molecule has 2 nitrogen and oxygen atoms in total. The van der Waals surface area contributed by atoms with Gasteiger partial charge in [-0.3, -0.25) is 0 Å². The molecular weight excluding hydrogens is 220 g/mol. The fourth-order valence-corrected chi connectivity index (χ4v) is 2.94. The summed E-state index contributed by atoms with van der Waals surface area (Å²) in [5, 5.41) is 3.44. The van der Waals surface area contributed by atoms with Crippen molar-refractivity contribution in [3.8, 4) is 11.3 Å². The van der Waals surface area contributed by atoms with E-state index in [-0.39, 0.29) is 0 Å². The van der Waals surface area contributed by atoms with Crippen LogP contribution in [-0.4, -0.2) is 17.7 Å². The van der Waals surface area contributed by atoms with E-state index in [4.69, 9.17) is 0 Å². The zero-order valence-corrected chi connectivity index (χ0v) is 10.9. The van der Waals surface area contributed by atoms with E-state index in [0.29, 0.717) is 6.04 Å². The second-order valence-corrected chi connectivity index (χ2v) is 5.08. The Hall–Kier alpha value is -1.54. The van der Waals surface area contributed by atoms with Gasteiger partial charge in [-0.2, -0.15) is 0 Å². The third-order valence-electron chi connectivity index (χ3n) is 3.87. The summed E-state index contributed by atoms with van der Waals surface area (Å²) in [4.78, 5) is 0. The van der Waals surface area contributed by atoms with Crippen LogP contribution in [0.5, 0.6) is 0 Å². The van der Waals surface area contributed by atoms with Gasteiger partial charge in [0.1, 0.15) is 0 Å². The molecule has 1 aliphatic rings. The Bertz CT molecular complexity index is 507. The third kappa shape index (κ3) is 2.08. The van der Waals surface area contributed by atoms with Gasteiger partial charge in [-0.1, -0.05) is 30.3 Å². The van der Waals surface area contributed by atoms with E-state index in [1.165, 1.54) is 29.8 Å². The topological polar surface area (TPSA) is 17.0 Å². The lowest BCUT2D eigenvalue weighted by Gasteiger charge is -2.27. The molecule has 2 heterocycles. The van der Waals surface area contributed by atoms with Gasteiger partial charge in [0.05, 0.1) is 0 Å². The predicted molar refractivity (Wildman–Crippen MR) is 75.7 cm³/mol. The van der Waals surface area contributed by atoms with E-state index in [1.54, 1.807) is 0 Å². The molecule has 0 spiro atoms. The second-order valence-electron chi connectivity index (χ2n) is 5.08. The van der Waals surface area contributed by atoms with Crippen LogP contribution < -0.4 is 5.32 Å². The Kier molecular flexibility index (Phi) is 3.20. The van der Waals surface area contributed by atoms with Crippen LogP contribution in [0.1, 0.15) is 24.6 Å². The van der Waals surface area contributed by atoms with Crippen molar-refractivity contribution in [2.45, 2.75) is 25.8 Å². The number of hydrogen-bond acceptors (Lipinski definition) is 1. The highest BCUT2D eigenvalue weighted by Gasteiger charge is 2.19. The number of piperidine rings is 1. The van der Waals surface area contributed by atoms with Crippen molar-refractivity contribution in [1.29, 1.82) is 0 Å². The van der Waals surface area contributed by atoms with E-state index < -0.39 is 0 Å². The number of benzene rings is 1. The standard InChI is InChI=1S/C16H20N2/c1-13-7-8-16(14-5-3-2-4-6-14)18(13)15-9-11-17-12-10-15/h2-8,15,17H,9-12H2,1H3. The average Bonchev–Trinajstić information content (AvgIpc) is 2.83. The van der Waals surface area contributed by atoms with Crippen LogP contribution in [0.15, 0.2) is 42.5 Å². The predicted octanol–water partition coefficient (Wildman–Crippen LogP) is 3.39. The Morgan fingerprint density at radius 2 is 1.72 bits per heavy atom. The van der Waals surface area contributed by atoms with Gasteiger partial charge in [-0.15, -0.1) is 0 Å². The van der Waals surface area contributed by atoms with Gasteiger partial charge in [0.15, 0.2) is 0 Å². The summed E-state index contributed by atoms with van der Waals surface area (Å²) >= 11 is 0. The third-order valence-corrected chi connectivity index (χ3v) is 3.87. The summed E-state index contributed by atoms with van der Waals surface area (Å²) in [7, 11) is 0. The first-order valence-electron chi connectivity index (χ1n) is 6.80. The lowest BCUT2D eigenvalue weighted by atomic mass is 10.0. The van der Waals surface area contributed by atoms with Crippen molar-refractivity contribution in [1.82, 2.24) is 9.88 Å². The van der Waals surface area contributed by atoms with Crippen molar-refractivity contribution >= 4 is 0 Å². The summed E-state index contributed by atoms with van der Waals surface area (Å²) in [5.74, 6) is 0. The van der Waals surface area contributed by atoms with Gasteiger partial charge in [0, 0.05) is 17.4 Å². The molecule has 0 saturated carbocycles. The summed E-state index contributed by atoms with van der Waals surface area (Å²) in [6.07, 6.45) is 2.46. The number of nitrogens with zero attached hydrogens (tertiary/aromatic N) is 1. The number of rotatable bonds is 2. The van der Waals surface area contributed by atoms with Crippen LogP contribution in [0.3, 0.4) is 0 Å². The van der Waals surface area contributed by atoms with Gasteiger partial charge in [0.25, 0.3) is 0 Å². The van der Waals surface area contributed by atoms with Gasteiger partial charge >= 0.3 is 0 Å². The Morgan fingerprint density at radius 3 is 2.44 bits per heavy atom. The number of nitrogens with one attached hydrogen (secondary N) is 1. The first kappa shape index (κ1) is 11.5. The first-order valence-corrected chi connectivity index (χ1v) is 6.80. The van der Waals surface area contributed by atoms with E-state index in [0.717, 1.165) is 13.1 Å². The molecule has 0 unspecified atom stereocenters. The minimum absolute atomic E-state index is 0.649. The van der Waals surface area contributed by atoms with Crippen LogP contribution in [0.25, 0.3) is 11.3 Å². The lowest BCUT2D eigenvalue weighted by molar-refractivity contribution is 0.367. The molecule has 1 aliphatic heterocycles. The van der Waals surface area contributed by atoms with E-state index in [9.17, 15) is 0 Å². The molecule has 0 aliphatic carbocycles. The molecule has 18 heavy (non-hydrogen) atoms. The Balaban J connectivity index is 2.01. The Labute approximate surface area is 109 Å². The van der Waals surface area contributed by atoms with Crippen LogP contribution in [0.4, 0.5) is 0 Å². The maximum absolute atomic E-state index is 3.44. The molecule has 1 saturated heterocycles. The van der Waals surface area contributed by atoms with Crippen molar-refractivity contribution < 1.29 is 0 Å². The minimum atomic E-state index is 0.649. The normalized spacial score (nSPS) is 16.9. The highest BCUT2D eigenvalue weighted by atomic mass is 15.1. The van der Waals surface area contributed by atoms with E-state index in [2.05, 4.69) is 59.3 Å².